The smallest absolute Gasteiger partial charge is 0.235 e. The summed E-state index contributed by atoms with van der Waals surface area (Å²) >= 11 is 12.3. The molecule has 1 aliphatic carbocycles. The van der Waals surface area contributed by atoms with Crippen LogP contribution in [0.25, 0.3) is 5.57 Å². The third kappa shape index (κ3) is 5.60. The number of allylic oxidation sites excluding steroid dienone is 1. The number of aromatic nitrogens is 4. The van der Waals surface area contributed by atoms with Gasteiger partial charge in [-0.25, -0.2) is 12.8 Å². The second-order valence-corrected chi connectivity index (χ2v) is 11.2. The summed E-state index contributed by atoms with van der Waals surface area (Å²) in [7, 11) is -2.31. The van der Waals surface area contributed by atoms with Crippen LogP contribution in [-0.4, -0.2) is 46.2 Å². The van der Waals surface area contributed by atoms with Gasteiger partial charge in [-0.05, 0) is 49.4 Å². The van der Waals surface area contributed by atoms with E-state index in [0.717, 1.165) is 24.0 Å². The molecule has 0 bridgehead atoms. The predicted octanol–water partition coefficient (Wildman–Crippen LogP) is 3.89. The van der Waals surface area contributed by atoms with Crippen LogP contribution < -0.4 is 5.32 Å². The van der Waals surface area contributed by atoms with Crippen molar-refractivity contribution in [3.05, 3.63) is 69.0 Å². The number of sulfone groups is 1. The summed E-state index contributed by atoms with van der Waals surface area (Å²) in [6.07, 6.45) is 5.04. The topological polar surface area (TPSA) is 98.9 Å². The summed E-state index contributed by atoms with van der Waals surface area (Å²) in [6, 6.07) is 5.17. The molecule has 12 heteroatoms. The van der Waals surface area contributed by atoms with E-state index in [1.54, 1.807) is 43.0 Å². The Morgan fingerprint density at radius 3 is 2.71 bits per heavy atom. The quantitative estimate of drug-likeness (QED) is 0.491. The Kier molecular flexibility index (Phi) is 7.35. The Hall–Kier alpha value is -2.69. The maximum Gasteiger partial charge on any atom is 0.235 e. The standard InChI is InChI=1S/C23H24Cl2FN5O3S/c1-14-21(12-30(2)29-14)35(33,34)13-22(32)27-10-20(26)18-5-3-4-15-9-28-31(23(15)18)11-16-6-7-17(24)8-19(16)25/h6-9,12H,3-5,10-11,13H2,1-2H3,(H,27,32)/b20-18-. The average molecular weight is 540 g/mol. The number of hydrogen-bond donors (Lipinski definition) is 1. The summed E-state index contributed by atoms with van der Waals surface area (Å²) in [4.78, 5) is 12.3. The van der Waals surface area contributed by atoms with Crippen molar-refractivity contribution in [1.29, 1.82) is 0 Å². The molecule has 3 aromatic rings. The van der Waals surface area contributed by atoms with E-state index in [4.69, 9.17) is 23.2 Å². The second-order valence-electron chi connectivity index (χ2n) is 8.44. The number of carbonyl (C=O) groups is 1. The summed E-state index contributed by atoms with van der Waals surface area (Å²) in [5.74, 6) is -2.11. The largest absolute Gasteiger partial charge is 0.349 e. The van der Waals surface area contributed by atoms with Gasteiger partial charge in [-0.3, -0.25) is 14.2 Å². The third-order valence-corrected chi connectivity index (χ3v) is 8.10. The minimum absolute atomic E-state index is 0.0179. The van der Waals surface area contributed by atoms with Crippen molar-refractivity contribution in [1.82, 2.24) is 24.9 Å². The first-order valence-corrected chi connectivity index (χ1v) is 13.3. The maximum absolute atomic E-state index is 15.3. The van der Waals surface area contributed by atoms with Crippen LogP contribution in [0.4, 0.5) is 4.39 Å². The van der Waals surface area contributed by atoms with Crippen LogP contribution in [0, 0.1) is 6.92 Å². The Morgan fingerprint density at radius 1 is 1.26 bits per heavy atom. The van der Waals surface area contributed by atoms with Gasteiger partial charge in [0.05, 0.1) is 30.7 Å². The molecule has 8 nitrogen and oxygen atoms in total. The minimum Gasteiger partial charge on any atom is -0.349 e. The number of fused-ring (bicyclic) bond motifs is 1. The Morgan fingerprint density at radius 2 is 2.03 bits per heavy atom. The van der Waals surface area contributed by atoms with Crippen LogP contribution in [0.5, 0.6) is 0 Å². The highest BCUT2D eigenvalue weighted by atomic mass is 35.5. The lowest BCUT2D eigenvalue weighted by atomic mass is 9.92. The maximum atomic E-state index is 15.3. The van der Waals surface area contributed by atoms with Crippen molar-refractivity contribution >= 4 is 44.5 Å². The molecule has 35 heavy (non-hydrogen) atoms. The summed E-state index contributed by atoms with van der Waals surface area (Å²) in [5, 5.41) is 11.8. The number of nitrogens with one attached hydrogen (secondary N) is 1. The van der Waals surface area contributed by atoms with E-state index in [1.165, 1.54) is 10.9 Å². The van der Waals surface area contributed by atoms with Crippen molar-refractivity contribution in [2.75, 3.05) is 12.3 Å². The molecule has 186 valence electrons. The van der Waals surface area contributed by atoms with Crippen LogP contribution >= 0.6 is 23.2 Å². The van der Waals surface area contributed by atoms with Gasteiger partial charge in [-0.1, -0.05) is 29.3 Å². The van der Waals surface area contributed by atoms with Gasteiger partial charge in [-0.15, -0.1) is 0 Å². The first-order valence-electron chi connectivity index (χ1n) is 10.9. The van der Waals surface area contributed by atoms with E-state index in [0.29, 0.717) is 40.0 Å². The number of benzene rings is 1. The number of aryl methyl sites for hydroxylation is 3. The molecule has 0 unspecified atom stereocenters. The fourth-order valence-electron chi connectivity index (χ4n) is 4.19. The minimum atomic E-state index is -3.90. The molecular formula is C23H24Cl2FN5O3S. The van der Waals surface area contributed by atoms with Gasteiger partial charge in [0.25, 0.3) is 0 Å². The van der Waals surface area contributed by atoms with E-state index >= 15 is 4.39 Å². The number of carbonyl (C=O) groups excluding carboxylic acids is 1. The Labute approximate surface area is 212 Å². The van der Waals surface area contributed by atoms with E-state index in [1.807, 2.05) is 0 Å². The van der Waals surface area contributed by atoms with Crippen LogP contribution in [0.2, 0.25) is 10.0 Å². The van der Waals surface area contributed by atoms with Gasteiger partial charge < -0.3 is 5.32 Å². The molecule has 4 rings (SSSR count). The molecule has 1 N–H and O–H groups in total. The highest BCUT2D eigenvalue weighted by Gasteiger charge is 2.26. The van der Waals surface area contributed by atoms with Crippen LogP contribution in [0.15, 0.2) is 41.3 Å². The molecule has 0 fully saturated rings. The monoisotopic (exact) mass is 539 g/mol. The molecule has 1 aromatic carbocycles. The van der Waals surface area contributed by atoms with Crippen molar-refractivity contribution < 1.29 is 17.6 Å². The Bertz CT molecular complexity index is 1430. The van der Waals surface area contributed by atoms with Gasteiger partial charge in [0.2, 0.25) is 5.91 Å². The Balaban J connectivity index is 1.50. The lowest BCUT2D eigenvalue weighted by Gasteiger charge is -2.19. The fraction of sp³-hybridized carbons (Fsp3) is 0.348. The van der Waals surface area contributed by atoms with Crippen molar-refractivity contribution in [3.8, 4) is 0 Å². The molecule has 1 amide bonds. The molecule has 2 heterocycles. The van der Waals surface area contributed by atoms with E-state index in [-0.39, 0.29) is 4.90 Å². The van der Waals surface area contributed by atoms with Gasteiger partial charge >= 0.3 is 0 Å². The normalized spacial score (nSPS) is 15.1. The summed E-state index contributed by atoms with van der Waals surface area (Å²) < 4.78 is 43.5. The molecule has 0 saturated carbocycles. The molecule has 0 spiro atoms. The first kappa shape index (κ1) is 25.4. The fourth-order valence-corrected chi connectivity index (χ4v) is 6.07. The molecule has 0 atom stereocenters. The zero-order valence-electron chi connectivity index (χ0n) is 19.2. The first-order chi connectivity index (χ1) is 16.5. The third-order valence-electron chi connectivity index (χ3n) is 5.80. The predicted molar refractivity (Wildman–Crippen MR) is 132 cm³/mol. The van der Waals surface area contributed by atoms with Crippen LogP contribution in [0.1, 0.15) is 35.4 Å². The number of amides is 1. The van der Waals surface area contributed by atoms with Crippen molar-refractivity contribution in [3.63, 3.8) is 0 Å². The van der Waals surface area contributed by atoms with Crippen LogP contribution in [-0.2, 0) is 34.6 Å². The molecule has 0 aliphatic heterocycles. The van der Waals surface area contributed by atoms with E-state index < -0.39 is 33.9 Å². The molecular weight excluding hydrogens is 516 g/mol. The zero-order chi connectivity index (χ0) is 25.3. The highest BCUT2D eigenvalue weighted by Crippen LogP contribution is 2.34. The van der Waals surface area contributed by atoms with E-state index in [9.17, 15) is 13.2 Å². The van der Waals surface area contributed by atoms with Gasteiger partial charge in [0, 0.05) is 28.9 Å². The highest BCUT2D eigenvalue weighted by molar-refractivity contribution is 7.92. The lowest BCUT2D eigenvalue weighted by Crippen LogP contribution is -2.31. The number of rotatable bonds is 7. The number of nitrogens with zero attached hydrogens (tertiary/aromatic N) is 4. The van der Waals surface area contributed by atoms with Gasteiger partial charge in [-0.2, -0.15) is 10.2 Å². The van der Waals surface area contributed by atoms with E-state index in [2.05, 4.69) is 15.5 Å². The molecule has 0 radical (unpaired) electrons. The molecule has 1 aliphatic rings. The molecule has 2 aromatic heterocycles. The van der Waals surface area contributed by atoms with Crippen molar-refractivity contribution in [2.24, 2.45) is 7.05 Å². The van der Waals surface area contributed by atoms with Crippen LogP contribution in [0.3, 0.4) is 0 Å². The SMILES string of the molecule is Cc1nn(C)cc1S(=O)(=O)CC(=O)NC/C(F)=C1\CCCc2cnn(Cc3ccc(Cl)cc3Cl)c21. The van der Waals surface area contributed by atoms with Gasteiger partial charge in [0.15, 0.2) is 9.84 Å². The zero-order valence-corrected chi connectivity index (χ0v) is 21.5. The average Bonchev–Trinajstić information content (AvgIpc) is 3.36. The lowest BCUT2D eigenvalue weighted by molar-refractivity contribution is -0.118. The second kappa shape index (κ2) is 10.1. The van der Waals surface area contributed by atoms with Crippen molar-refractivity contribution in [2.45, 2.75) is 37.6 Å². The number of halogens is 3. The summed E-state index contributed by atoms with van der Waals surface area (Å²) in [6.45, 7) is 1.47. The van der Waals surface area contributed by atoms with Gasteiger partial charge in [0.1, 0.15) is 16.5 Å². The summed E-state index contributed by atoms with van der Waals surface area (Å²) in [5.41, 5.74) is 3.11. The number of hydrogen-bond acceptors (Lipinski definition) is 5. The molecule has 0 saturated heterocycles.